The molecule has 0 saturated heterocycles. The number of benzene rings is 1. The van der Waals surface area contributed by atoms with Crippen LogP contribution in [0.25, 0.3) is 6.08 Å². The third kappa shape index (κ3) is 13.1. The first-order chi connectivity index (χ1) is 10.3. The average Bonchev–Trinajstić information content (AvgIpc) is 2.54. The Kier molecular flexibility index (Phi) is 16.5. The van der Waals surface area contributed by atoms with E-state index in [4.69, 9.17) is 74.9 Å². The molecule has 0 spiro atoms. The van der Waals surface area contributed by atoms with Crippen LogP contribution in [0, 0.1) is 11.3 Å². The number of halogens is 6. The Morgan fingerprint density at radius 3 is 1.41 bits per heavy atom. The molecule has 0 aromatic heterocycles. The zero-order chi connectivity index (χ0) is 17.5. The summed E-state index contributed by atoms with van der Waals surface area (Å²) < 4.78 is -0.351. The molecule has 7 heteroatoms. The highest BCUT2D eigenvalue weighted by Gasteiger charge is 2.07. The number of rotatable bonds is 2. The third-order valence-corrected chi connectivity index (χ3v) is 3.65. The highest BCUT2D eigenvalue weighted by molar-refractivity contribution is 6.65. The van der Waals surface area contributed by atoms with E-state index in [-0.39, 0.29) is 19.0 Å². The molecule has 22 heavy (non-hydrogen) atoms. The molecule has 0 heterocycles. The minimum atomic E-state index is -0.175. The van der Waals surface area contributed by atoms with E-state index in [1.54, 1.807) is 6.07 Å². The van der Waals surface area contributed by atoms with E-state index in [9.17, 15) is 0 Å². The van der Waals surface area contributed by atoms with Crippen molar-refractivity contribution in [3.63, 3.8) is 0 Å². The first-order valence-corrected chi connectivity index (χ1v) is 7.68. The Bertz CT molecular complexity index is 539. The van der Waals surface area contributed by atoms with Gasteiger partial charge in [-0.1, -0.05) is 119 Å². The van der Waals surface area contributed by atoms with E-state index < -0.39 is 0 Å². The van der Waals surface area contributed by atoms with Crippen LogP contribution >= 0.6 is 69.6 Å². The fraction of sp³-hybridized carbons (Fsp3) is 0. The highest BCUT2D eigenvalue weighted by atomic mass is 35.5. The smallest absolute Gasteiger partial charge is 0.127 e. The molecule has 0 fully saturated rings. The maximum Gasteiger partial charge on any atom is 0.127 e. The lowest BCUT2D eigenvalue weighted by molar-refractivity contribution is 1.54. The van der Waals surface area contributed by atoms with Crippen LogP contribution < -0.4 is 0 Å². The summed E-state index contributed by atoms with van der Waals surface area (Å²) in [4.78, 5) is 0. The molecule has 0 aliphatic heterocycles. The van der Waals surface area contributed by atoms with Crippen LogP contribution in [-0.4, -0.2) is 0 Å². The van der Waals surface area contributed by atoms with E-state index in [0.29, 0.717) is 0 Å². The molecule has 0 N–H and O–H groups in total. The van der Waals surface area contributed by atoms with Crippen molar-refractivity contribution in [3.05, 3.63) is 74.2 Å². The van der Waals surface area contributed by atoms with Crippen LogP contribution in [0.15, 0.2) is 68.6 Å². The van der Waals surface area contributed by atoms with Gasteiger partial charge in [-0.05, 0) is 5.56 Å². The number of hydrogen-bond donors (Lipinski definition) is 0. The first-order valence-electron chi connectivity index (χ1n) is 5.41. The van der Waals surface area contributed by atoms with Crippen LogP contribution in [0.5, 0.6) is 0 Å². The third-order valence-electron chi connectivity index (χ3n) is 1.65. The minimum Gasteiger partial charge on any atom is -0.193 e. The molecule has 118 valence electrons. The highest BCUT2D eigenvalue weighted by Crippen LogP contribution is 2.32. The molecule has 0 aliphatic carbocycles. The second-order valence-electron chi connectivity index (χ2n) is 3.10. The molecule has 0 saturated carbocycles. The number of hydrogen-bond acceptors (Lipinski definition) is 1. The quantitative estimate of drug-likeness (QED) is 0.356. The molecule has 0 radical (unpaired) electrons. The van der Waals surface area contributed by atoms with Crippen molar-refractivity contribution in [1.29, 1.82) is 5.26 Å². The summed E-state index contributed by atoms with van der Waals surface area (Å²) in [6.45, 7) is 6.75. The molecule has 1 nitrogen and oxygen atoms in total. The molecule has 0 aliphatic rings. The van der Waals surface area contributed by atoms with Gasteiger partial charge in [-0.3, -0.25) is 0 Å². The van der Waals surface area contributed by atoms with Gasteiger partial charge >= 0.3 is 0 Å². The lowest BCUT2D eigenvalue weighted by Crippen LogP contribution is -1.73. The lowest BCUT2D eigenvalue weighted by atomic mass is 10.2. The van der Waals surface area contributed by atoms with Gasteiger partial charge in [0.1, 0.15) is 8.98 Å². The minimum absolute atomic E-state index is 0.0648. The van der Waals surface area contributed by atoms with Gasteiger partial charge in [0.05, 0.1) is 16.1 Å². The van der Waals surface area contributed by atoms with Gasteiger partial charge in [0.2, 0.25) is 0 Å². The number of allylic oxidation sites excluding steroid dienone is 3. The maximum absolute atomic E-state index is 7.51. The van der Waals surface area contributed by atoms with Crippen molar-refractivity contribution in [1.82, 2.24) is 0 Å². The predicted molar refractivity (Wildman–Crippen MR) is 102 cm³/mol. The van der Waals surface area contributed by atoms with E-state index in [2.05, 4.69) is 13.2 Å². The standard InChI is InChI=1S/C8H8.C4Cl6.C3H3N/c1-2-8-6-4-3-5-7-8;5-1(3(7)8)2(6)4(9)10;1-2-3-4/h2-7H,1H2;;2H,1H2. The monoisotopic (exact) mass is 415 g/mol. The Labute approximate surface area is 160 Å². The topological polar surface area (TPSA) is 23.8 Å². The van der Waals surface area contributed by atoms with E-state index >= 15 is 0 Å². The molecule has 0 bridgehead atoms. The number of nitrogens with zero attached hydrogens (tertiary/aromatic N) is 1. The molecule has 0 amide bonds. The fourth-order valence-electron chi connectivity index (χ4n) is 0.755. The summed E-state index contributed by atoms with van der Waals surface area (Å²) in [7, 11) is 0. The van der Waals surface area contributed by atoms with Crippen molar-refractivity contribution >= 4 is 75.7 Å². The average molecular weight is 418 g/mol. The van der Waals surface area contributed by atoms with Crippen LogP contribution in [0.3, 0.4) is 0 Å². The Morgan fingerprint density at radius 1 is 0.864 bits per heavy atom. The molecular weight excluding hydrogens is 407 g/mol. The van der Waals surface area contributed by atoms with Crippen LogP contribution in [0.2, 0.25) is 0 Å². The summed E-state index contributed by atoms with van der Waals surface area (Å²) in [6.07, 6.45) is 3.01. The Balaban J connectivity index is 0. The van der Waals surface area contributed by atoms with Gasteiger partial charge in [-0.15, -0.1) is 0 Å². The Hall–Kier alpha value is -0.590. The van der Waals surface area contributed by atoms with Crippen LogP contribution in [0.4, 0.5) is 0 Å². The van der Waals surface area contributed by atoms with Crippen molar-refractivity contribution in [3.8, 4) is 6.07 Å². The maximum atomic E-state index is 7.51. The van der Waals surface area contributed by atoms with Crippen molar-refractivity contribution in [2.75, 3.05) is 0 Å². The molecule has 0 atom stereocenters. The van der Waals surface area contributed by atoms with E-state index in [1.807, 2.05) is 36.4 Å². The van der Waals surface area contributed by atoms with Crippen molar-refractivity contribution < 1.29 is 0 Å². The molecule has 1 aromatic carbocycles. The normalized spacial score (nSPS) is 7.86. The van der Waals surface area contributed by atoms with Gasteiger partial charge in [0.15, 0.2) is 0 Å². The second kappa shape index (κ2) is 15.3. The number of nitriles is 1. The van der Waals surface area contributed by atoms with Crippen LogP contribution in [0.1, 0.15) is 5.56 Å². The van der Waals surface area contributed by atoms with Gasteiger partial charge < -0.3 is 0 Å². The second-order valence-corrected chi connectivity index (χ2v) is 5.75. The first kappa shape index (κ1) is 23.7. The zero-order valence-corrected chi connectivity index (χ0v) is 15.7. The molecule has 1 rings (SSSR count). The lowest BCUT2D eigenvalue weighted by Gasteiger charge is -1.94. The van der Waals surface area contributed by atoms with Gasteiger partial charge in [0.25, 0.3) is 0 Å². The van der Waals surface area contributed by atoms with Crippen molar-refractivity contribution in [2.45, 2.75) is 0 Å². The van der Waals surface area contributed by atoms with E-state index in [1.165, 1.54) is 11.6 Å². The van der Waals surface area contributed by atoms with Gasteiger partial charge in [-0.25, -0.2) is 0 Å². The summed E-state index contributed by atoms with van der Waals surface area (Å²) in [5, 5.41) is 7.38. The summed E-state index contributed by atoms with van der Waals surface area (Å²) in [5.74, 6) is 0. The SMILES string of the molecule is C=CC#N.C=Cc1ccccc1.ClC(Cl)=C(Cl)C(Cl)=C(Cl)Cl. The molecular formula is C15H11Cl6N. The van der Waals surface area contributed by atoms with Crippen LogP contribution in [-0.2, 0) is 0 Å². The summed E-state index contributed by atoms with van der Waals surface area (Å²) >= 11 is 31.8. The fourth-order valence-corrected chi connectivity index (χ4v) is 1.52. The van der Waals surface area contributed by atoms with Gasteiger partial charge in [-0.2, -0.15) is 5.26 Å². The molecule has 0 unspecified atom stereocenters. The van der Waals surface area contributed by atoms with Crippen molar-refractivity contribution in [2.24, 2.45) is 0 Å². The Morgan fingerprint density at radius 2 is 1.23 bits per heavy atom. The van der Waals surface area contributed by atoms with Gasteiger partial charge in [0, 0.05) is 6.08 Å². The van der Waals surface area contributed by atoms with E-state index in [0.717, 1.165) is 0 Å². The zero-order valence-electron chi connectivity index (χ0n) is 11.2. The molecule has 1 aromatic rings. The summed E-state index contributed by atoms with van der Waals surface area (Å²) in [6, 6.07) is 11.7. The predicted octanol–water partition coefficient (Wildman–Crippen LogP) is 7.78. The largest absolute Gasteiger partial charge is 0.193 e. The summed E-state index contributed by atoms with van der Waals surface area (Å²) in [5.41, 5.74) is 1.17.